The quantitative estimate of drug-likeness (QED) is 0.477. The Morgan fingerprint density at radius 2 is 1.57 bits per heavy atom. The van der Waals surface area contributed by atoms with Crippen molar-refractivity contribution in [2.45, 2.75) is 40.7 Å². The van der Waals surface area contributed by atoms with Crippen LogP contribution < -0.4 is 0 Å². The van der Waals surface area contributed by atoms with Gasteiger partial charge in [0.25, 0.3) is 0 Å². The number of esters is 1. The molecule has 0 amide bonds. The number of carbonyl (C=O) groups excluding carboxylic acids is 3. The molecule has 4 heteroatoms. The summed E-state index contributed by atoms with van der Waals surface area (Å²) in [5, 5.41) is 0. The number of benzene rings is 1. The molecule has 0 aliphatic carbocycles. The van der Waals surface area contributed by atoms with Crippen LogP contribution in [-0.2, 0) is 14.3 Å². The molecule has 4 nitrogen and oxygen atoms in total. The Morgan fingerprint density at radius 1 is 1.05 bits per heavy atom. The molecule has 2 rings (SSSR count). The standard InChI is InChI=1S/C17H20O4/c1-10-6-8-11(9-7-10)12(18)13-16(2,3)14(19)17(4,5)15(20)21-13/h6-9,13H,1-5H3/t13-/m1/s1. The normalized spacial score (nSPS) is 23.6. The van der Waals surface area contributed by atoms with Gasteiger partial charge >= 0.3 is 5.97 Å². The molecule has 0 bridgehead atoms. The molecule has 0 aromatic heterocycles. The number of hydrogen-bond donors (Lipinski definition) is 0. The lowest BCUT2D eigenvalue weighted by Crippen LogP contribution is -2.58. The lowest BCUT2D eigenvalue weighted by molar-refractivity contribution is -0.181. The van der Waals surface area contributed by atoms with Crippen LogP contribution in [0.4, 0.5) is 0 Å². The van der Waals surface area contributed by atoms with Crippen molar-refractivity contribution in [3.05, 3.63) is 35.4 Å². The number of Topliss-reactive ketones (excluding diaryl/α,β-unsaturated/α-hetero) is 2. The van der Waals surface area contributed by atoms with Crippen LogP contribution in [0.5, 0.6) is 0 Å². The van der Waals surface area contributed by atoms with Crippen molar-refractivity contribution >= 4 is 17.5 Å². The maximum absolute atomic E-state index is 12.6. The third-order valence-electron chi connectivity index (χ3n) is 4.12. The highest BCUT2D eigenvalue weighted by molar-refractivity contribution is 6.13. The van der Waals surface area contributed by atoms with Gasteiger partial charge in [-0.3, -0.25) is 14.4 Å². The Bertz CT molecular complexity index is 608. The first-order chi connectivity index (χ1) is 9.58. The summed E-state index contributed by atoms with van der Waals surface area (Å²) in [5.74, 6) is -1.24. The lowest BCUT2D eigenvalue weighted by atomic mass is 9.67. The van der Waals surface area contributed by atoms with Crippen molar-refractivity contribution in [2.75, 3.05) is 0 Å². The molecule has 0 unspecified atom stereocenters. The van der Waals surface area contributed by atoms with Crippen LogP contribution in [0.3, 0.4) is 0 Å². The van der Waals surface area contributed by atoms with Crippen molar-refractivity contribution in [2.24, 2.45) is 10.8 Å². The fraction of sp³-hybridized carbons (Fsp3) is 0.471. The second kappa shape index (κ2) is 4.79. The molecule has 1 saturated heterocycles. The van der Waals surface area contributed by atoms with Crippen molar-refractivity contribution in [3.8, 4) is 0 Å². The molecule has 1 atom stereocenters. The largest absolute Gasteiger partial charge is 0.452 e. The molecule has 0 N–H and O–H groups in total. The van der Waals surface area contributed by atoms with Crippen LogP contribution in [0.15, 0.2) is 24.3 Å². The van der Waals surface area contributed by atoms with E-state index in [1.807, 2.05) is 19.1 Å². The summed E-state index contributed by atoms with van der Waals surface area (Å²) in [7, 11) is 0. The summed E-state index contributed by atoms with van der Waals surface area (Å²) in [4.78, 5) is 37.1. The van der Waals surface area contributed by atoms with Gasteiger partial charge in [0.05, 0.1) is 5.41 Å². The third-order valence-corrected chi connectivity index (χ3v) is 4.12. The Kier molecular flexibility index (Phi) is 3.52. The van der Waals surface area contributed by atoms with E-state index in [9.17, 15) is 14.4 Å². The van der Waals surface area contributed by atoms with Crippen molar-refractivity contribution in [1.82, 2.24) is 0 Å². The summed E-state index contributed by atoms with van der Waals surface area (Å²) in [6.07, 6.45) is -1.08. The summed E-state index contributed by atoms with van der Waals surface area (Å²) < 4.78 is 5.32. The molecule has 1 aliphatic rings. The van der Waals surface area contributed by atoms with E-state index in [4.69, 9.17) is 4.74 Å². The van der Waals surface area contributed by atoms with E-state index < -0.39 is 22.9 Å². The molecule has 0 spiro atoms. The molecule has 21 heavy (non-hydrogen) atoms. The fourth-order valence-corrected chi connectivity index (χ4v) is 2.67. The van der Waals surface area contributed by atoms with E-state index in [2.05, 4.69) is 0 Å². The number of rotatable bonds is 2. The van der Waals surface area contributed by atoms with E-state index in [0.29, 0.717) is 5.56 Å². The zero-order valence-corrected chi connectivity index (χ0v) is 13.0. The van der Waals surface area contributed by atoms with Crippen molar-refractivity contribution < 1.29 is 19.1 Å². The van der Waals surface area contributed by atoms with Gasteiger partial charge in [0.1, 0.15) is 5.41 Å². The molecule has 1 aromatic carbocycles. The first-order valence-electron chi connectivity index (χ1n) is 6.95. The van der Waals surface area contributed by atoms with Gasteiger partial charge in [-0.2, -0.15) is 0 Å². The van der Waals surface area contributed by atoms with Gasteiger partial charge in [-0.05, 0) is 34.6 Å². The van der Waals surface area contributed by atoms with Crippen molar-refractivity contribution in [1.29, 1.82) is 0 Å². The van der Waals surface area contributed by atoms with Gasteiger partial charge in [0.15, 0.2) is 11.9 Å². The van der Waals surface area contributed by atoms with Gasteiger partial charge in [-0.1, -0.05) is 29.8 Å². The molecule has 1 fully saturated rings. The van der Waals surface area contributed by atoms with Gasteiger partial charge in [-0.15, -0.1) is 0 Å². The Labute approximate surface area is 124 Å². The smallest absolute Gasteiger partial charge is 0.319 e. The second-order valence-electron chi connectivity index (χ2n) is 6.69. The maximum atomic E-state index is 12.6. The lowest BCUT2D eigenvalue weighted by Gasteiger charge is -2.42. The highest BCUT2D eigenvalue weighted by Crippen LogP contribution is 2.41. The Morgan fingerprint density at radius 3 is 2.10 bits per heavy atom. The van der Waals surface area contributed by atoms with Gasteiger partial charge in [-0.25, -0.2) is 0 Å². The summed E-state index contributed by atoms with van der Waals surface area (Å²) >= 11 is 0. The summed E-state index contributed by atoms with van der Waals surface area (Å²) in [6.45, 7) is 8.30. The number of ketones is 2. The molecular formula is C17H20O4. The minimum absolute atomic E-state index is 0.267. The predicted molar refractivity (Wildman–Crippen MR) is 78.0 cm³/mol. The molecule has 0 saturated carbocycles. The highest BCUT2D eigenvalue weighted by atomic mass is 16.6. The van der Waals surface area contributed by atoms with E-state index in [1.165, 1.54) is 13.8 Å². The Balaban J connectivity index is 2.39. The third kappa shape index (κ3) is 2.39. The van der Waals surface area contributed by atoms with Crippen LogP contribution in [0, 0.1) is 17.8 Å². The molecule has 1 heterocycles. The van der Waals surface area contributed by atoms with Crippen LogP contribution >= 0.6 is 0 Å². The minimum Gasteiger partial charge on any atom is -0.452 e. The molecule has 112 valence electrons. The number of cyclic esters (lactones) is 1. The summed E-state index contributed by atoms with van der Waals surface area (Å²) in [6, 6.07) is 7.00. The van der Waals surface area contributed by atoms with Gasteiger partial charge in [0.2, 0.25) is 5.78 Å². The first-order valence-corrected chi connectivity index (χ1v) is 6.95. The fourth-order valence-electron chi connectivity index (χ4n) is 2.67. The number of carbonyl (C=O) groups is 3. The highest BCUT2D eigenvalue weighted by Gasteiger charge is 2.57. The first kappa shape index (κ1) is 15.4. The molecular weight excluding hydrogens is 268 g/mol. The maximum Gasteiger partial charge on any atom is 0.319 e. The van der Waals surface area contributed by atoms with E-state index in [1.54, 1.807) is 26.0 Å². The predicted octanol–water partition coefficient (Wildman–Crippen LogP) is 2.72. The Hall–Kier alpha value is -1.97. The van der Waals surface area contributed by atoms with E-state index >= 15 is 0 Å². The number of aryl methyl sites for hydroxylation is 1. The molecule has 0 radical (unpaired) electrons. The number of ether oxygens (including phenoxy) is 1. The van der Waals surface area contributed by atoms with Gasteiger partial charge in [0, 0.05) is 5.56 Å². The van der Waals surface area contributed by atoms with Crippen LogP contribution in [-0.4, -0.2) is 23.6 Å². The summed E-state index contributed by atoms with van der Waals surface area (Å²) in [5.41, 5.74) is -0.782. The SMILES string of the molecule is Cc1ccc(C(=O)[C@H]2OC(=O)C(C)(C)C(=O)C2(C)C)cc1. The van der Waals surface area contributed by atoms with E-state index in [-0.39, 0.29) is 11.6 Å². The number of hydrogen-bond acceptors (Lipinski definition) is 4. The van der Waals surface area contributed by atoms with Crippen molar-refractivity contribution in [3.63, 3.8) is 0 Å². The van der Waals surface area contributed by atoms with E-state index in [0.717, 1.165) is 5.56 Å². The molecule has 1 aromatic rings. The molecule has 1 aliphatic heterocycles. The minimum atomic E-state index is -1.21. The average Bonchev–Trinajstić information content (AvgIpc) is 2.42. The monoisotopic (exact) mass is 288 g/mol. The zero-order chi connectivity index (χ0) is 16.0. The van der Waals surface area contributed by atoms with Crippen LogP contribution in [0.1, 0.15) is 43.6 Å². The topological polar surface area (TPSA) is 60.4 Å². The van der Waals surface area contributed by atoms with Crippen LogP contribution in [0.25, 0.3) is 0 Å². The average molecular weight is 288 g/mol. The zero-order valence-electron chi connectivity index (χ0n) is 13.0. The van der Waals surface area contributed by atoms with Gasteiger partial charge < -0.3 is 4.74 Å². The second-order valence-corrected chi connectivity index (χ2v) is 6.69. The van der Waals surface area contributed by atoms with Crippen LogP contribution in [0.2, 0.25) is 0 Å².